The normalized spacial score (nSPS) is 12.7. The number of pyridine rings is 1. The molecule has 0 bridgehead atoms. The molecule has 0 aliphatic heterocycles. The predicted molar refractivity (Wildman–Crippen MR) is 64.7 cm³/mol. The van der Waals surface area contributed by atoms with Gasteiger partial charge in [-0.05, 0) is 28.1 Å². The summed E-state index contributed by atoms with van der Waals surface area (Å²) in [6, 6.07) is 5.42. The summed E-state index contributed by atoms with van der Waals surface area (Å²) in [4.78, 5) is 4.79. The third-order valence-electron chi connectivity index (χ3n) is 2.02. The third kappa shape index (κ3) is 2.19. The zero-order chi connectivity index (χ0) is 10.8. The van der Waals surface area contributed by atoms with Gasteiger partial charge in [0.15, 0.2) is 0 Å². The van der Waals surface area contributed by atoms with Gasteiger partial charge in [-0.2, -0.15) is 0 Å². The molecule has 2 heterocycles. The fraction of sp³-hybridized carbons (Fsp3) is 0.100. The number of nitrogens with zero attached hydrogens (tertiary/aromatic N) is 1. The van der Waals surface area contributed by atoms with Crippen LogP contribution in [0.25, 0.3) is 0 Å². The lowest BCUT2D eigenvalue weighted by atomic mass is 10.1. The molecule has 2 rings (SSSR count). The molecule has 0 aliphatic carbocycles. The van der Waals surface area contributed by atoms with Crippen molar-refractivity contribution in [1.29, 1.82) is 0 Å². The van der Waals surface area contributed by atoms with E-state index in [9.17, 15) is 5.11 Å². The van der Waals surface area contributed by atoms with Gasteiger partial charge in [-0.3, -0.25) is 0 Å². The maximum absolute atomic E-state index is 10.1. The molecule has 0 amide bonds. The average molecular weight is 285 g/mol. The predicted octanol–water partition coefficient (Wildman–Crippen LogP) is 2.57. The fourth-order valence-electron chi connectivity index (χ4n) is 1.29. The minimum atomic E-state index is -0.699. The van der Waals surface area contributed by atoms with Crippen LogP contribution in [-0.2, 0) is 0 Å². The summed E-state index contributed by atoms with van der Waals surface area (Å²) in [5.41, 5.74) is 6.33. The van der Waals surface area contributed by atoms with Crippen molar-refractivity contribution in [2.45, 2.75) is 6.10 Å². The molecule has 5 heteroatoms. The Hall–Kier alpha value is -0.910. The van der Waals surface area contributed by atoms with Gasteiger partial charge < -0.3 is 10.8 Å². The molecule has 2 aromatic rings. The molecule has 3 N–H and O–H groups in total. The number of hydrogen-bond acceptors (Lipinski definition) is 4. The van der Waals surface area contributed by atoms with Crippen molar-refractivity contribution < 1.29 is 5.11 Å². The van der Waals surface area contributed by atoms with E-state index in [0.29, 0.717) is 11.4 Å². The number of thiophene rings is 1. The molecular formula is C10H9BrN2OS. The zero-order valence-corrected chi connectivity index (χ0v) is 10.1. The first-order valence-corrected chi connectivity index (χ1v) is 5.98. The number of aromatic nitrogens is 1. The Bertz CT molecular complexity index is 472. The molecule has 0 fully saturated rings. The second-order valence-corrected chi connectivity index (χ2v) is 4.91. The largest absolute Gasteiger partial charge is 0.383 e. The number of rotatable bonds is 2. The highest BCUT2D eigenvalue weighted by Gasteiger charge is 2.15. The lowest BCUT2D eigenvalue weighted by Gasteiger charge is -2.10. The Morgan fingerprint density at radius 1 is 1.53 bits per heavy atom. The first-order chi connectivity index (χ1) is 7.18. The van der Waals surface area contributed by atoms with Crippen molar-refractivity contribution in [2.24, 2.45) is 0 Å². The van der Waals surface area contributed by atoms with Crippen molar-refractivity contribution in [2.75, 3.05) is 5.73 Å². The first-order valence-electron chi connectivity index (χ1n) is 4.31. The van der Waals surface area contributed by atoms with Gasteiger partial charge in [-0.25, -0.2) is 4.98 Å². The van der Waals surface area contributed by atoms with E-state index >= 15 is 0 Å². The summed E-state index contributed by atoms with van der Waals surface area (Å²) < 4.78 is 0.962. The Morgan fingerprint density at radius 3 is 2.93 bits per heavy atom. The third-order valence-corrected chi connectivity index (χ3v) is 3.77. The van der Waals surface area contributed by atoms with Crippen molar-refractivity contribution in [3.8, 4) is 0 Å². The van der Waals surface area contributed by atoms with Crippen molar-refractivity contribution in [3.63, 3.8) is 0 Å². The number of anilines is 1. The average Bonchev–Trinajstić information content (AvgIpc) is 2.65. The summed E-state index contributed by atoms with van der Waals surface area (Å²) in [6.45, 7) is 0. The van der Waals surface area contributed by atoms with Gasteiger partial charge in [0.05, 0.1) is 0 Å². The molecule has 0 saturated carbocycles. The number of halogens is 1. The molecule has 2 aromatic heterocycles. The van der Waals surface area contributed by atoms with E-state index in [1.807, 2.05) is 11.4 Å². The smallest absolute Gasteiger partial charge is 0.129 e. The Balaban J connectivity index is 2.36. The van der Waals surface area contributed by atoms with Gasteiger partial charge in [0.2, 0.25) is 0 Å². The van der Waals surface area contributed by atoms with Crippen LogP contribution < -0.4 is 5.73 Å². The number of nitrogens with two attached hydrogens (primary N) is 1. The van der Waals surface area contributed by atoms with E-state index in [2.05, 4.69) is 20.9 Å². The van der Waals surface area contributed by atoms with Crippen molar-refractivity contribution in [1.82, 2.24) is 4.98 Å². The number of nitrogen functional groups attached to an aromatic ring is 1. The van der Waals surface area contributed by atoms with E-state index in [-0.39, 0.29) is 0 Å². The number of aliphatic hydroxyl groups excluding tert-OH is 1. The monoisotopic (exact) mass is 284 g/mol. The van der Waals surface area contributed by atoms with Crippen LogP contribution in [-0.4, -0.2) is 10.1 Å². The lowest BCUT2D eigenvalue weighted by molar-refractivity contribution is 0.224. The summed E-state index contributed by atoms with van der Waals surface area (Å²) in [5, 5.41) is 12.0. The van der Waals surface area contributed by atoms with E-state index in [0.717, 1.165) is 9.35 Å². The lowest BCUT2D eigenvalue weighted by Crippen LogP contribution is -2.03. The molecule has 0 aromatic carbocycles. The topological polar surface area (TPSA) is 59.1 Å². The van der Waals surface area contributed by atoms with E-state index in [1.54, 1.807) is 18.3 Å². The summed E-state index contributed by atoms with van der Waals surface area (Å²) in [7, 11) is 0. The van der Waals surface area contributed by atoms with Crippen LogP contribution in [0.15, 0.2) is 34.2 Å². The van der Waals surface area contributed by atoms with Crippen LogP contribution in [0.4, 0.5) is 5.82 Å². The zero-order valence-electron chi connectivity index (χ0n) is 7.72. The summed E-state index contributed by atoms with van der Waals surface area (Å²) in [5.74, 6) is 0.370. The number of aliphatic hydroxyl groups is 1. The van der Waals surface area contributed by atoms with Gasteiger partial charge in [-0.15, -0.1) is 11.3 Å². The van der Waals surface area contributed by atoms with Crippen LogP contribution in [0, 0.1) is 0 Å². The summed E-state index contributed by atoms with van der Waals surface area (Å²) in [6.07, 6.45) is 0.908. The van der Waals surface area contributed by atoms with E-state index < -0.39 is 6.10 Å². The van der Waals surface area contributed by atoms with Crippen LogP contribution in [0.3, 0.4) is 0 Å². The molecule has 15 heavy (non-hydrogen) atoms. The minimum absolute atomic E-state index is 0.370. The molecule has 0 spiro atoms. The van der Waals surface area contributed by atoms with Crippen LogP contribution in [0.5, 0.6) is 0 Å². The second kappa shape index (κ2) is 4.30. The van der Waals surface area contributed by atoms with E-state index in [1.165, 1.54) is 11.3 Å². The number of hydrogen-bond donors (Lipinski definition) is 2. The molecule has 1 unspecified atom stereocenters. The van der Waals surface area contributed by atoms with Crippen molar-refractivity contribution in [3.05, 3.63) is 44.7 Å². The molecule has 0 aliphatic rings. The first kappa shape index (κ1) is 10.6. The van der Waals surface area contributed by atoms with Gasteiger partial charge in [0, 0.05) is 26.5 Å². The molecule has 3 nitrogen and oxygen atoms in total. The van der Waals surface area contributed by atoms with Gasteiger partial charge in [-0.1, -0.05) is 6.07 Å². The highest BCUT2D eigenvalue weighted by Crippen LogP contribution is 2.31. The minimum Gasteiger partial charge on any atom is -0.383 e. The molecular weight excluding hydrogens is 276 g/mol. The maximum Gasteiger partial charge on any atom is 0.129 e. The van der Waals surface area contributed by atoms with Gasteiger partial charge in [0.25, 0.3) is 0 Å². The van der Waals surface area contributed by atoms with Crippen LogP contribution in [0.1, 0.15) is 16.5 Å². The molecule has 0 saturated heterocycles. The summed E-state index contributed by atoms with van der Waals surface area (Å²) >= 11 is 4.82. The van der Waals surface area contributed by atoms with Crippen LogP contribution >= 0.6 is 27.3 Å². The molecule has 78 valence electrons. The standard InChI is InChI=1S/C10H9BrN2OS/c11-6-4-8(15-5-6)9(14)7-2-1-3-13-10(7)12/h1-5,9,14H,(H2,12,13). The molecule has 0 radical (unpaired) electrons. The van der Waals surface area contributed by atoms with Gasteiger partial charge >= 0.3 is 0 Å². The van der Waals surface area contributed by atoms with E-state index in [4.69, 9.17) is 5.73 Å². The van der Waals surface area contributed by atoms with Crippen molar-refractivity contribution >= 4 is 33.1 Å². The Labute approximate surface area is 99.7 Å². The van der Waals surface area contributed by atoms with Crippen LogP contribution in [0.2, 0.25) is 0 Å². The highest BCUT2D eigenvalue weighted by molar-refractivity contribution is 9.10. The Kier molecular flexibility index (Phi) is 3.04. The second-order valence-electron chi connectivity index (χ2n) is 3.05. The highest BCUT2D eigenvalue weighted by atomic mass is 79.9. The SMILES string of the molecule is Nc1ncccc1C(O)c1cc(Br)cs1. The quantitative estimate of drug-likeness (QED) is 0.891. The maximum atomic E-state index is 10.1. The fourth-order valence-corrected chi connectivity index (χ4v) is 2.73. The van der Waals surface area contributed by atoms with Gasteiger partial charge in [0.1, 0.15) is 11.9 Å². The molecule has 1 atom stereocenters. The Morgan fingerprint density at radius 2 is 2.33 bits per heavy atom.